The van der Waals surface area contributed by atoms with Gasteiger partial charge < -0.3 is 10.4 Å². The van der Waals surface area contributed by atoms with E-state index in [1.54, 1.807) is 19.1 Å². The highest BCUT2D eigenvalue weighted by molar-refractivity contribution is 5.94. The van der Waals surface area contributed by atoms with Gasteiger partial charge >= 0.3 is 0 Å². The Bertz CT molecular complexity index is 343. The zero-order chi connectivity index (χ0) is 12.1. The summed E-state index contributed by atoms with van der Waals surface area (Å²) < 4.78 is 0. The molecule has 2 N–H and O–H groups in total. The van der Waals surface area contributed by atoms with Crippen molar-refractivity contribution >= 4 is 5.91 Å². The zero-order valence-electron chi connectivity index (χ0n) is 10.0. The van der Waals surface area contributed by atoms with E-state index in [0.717, 1.165) is 5.56 Å². The van der Waals surface area contributed by atoms with Crippen LogP contribution in [0.3, 0.4) is 0 Å². The minimum atomic E-state index is -0.395. The lowest BCUT2D eigenvalue weighted by molar-refractivity contribution is 0.0923. The van der Waals surface area contributed by atoms with Gasteiger partial charge in [0.2, 0.25) is 0 Å². The van der Waals surface area contributed by atoms with Gasteiger partial charge in [0.05, 0.1) is 6.10 Å². The lowest BCUT2D eigenvalue weighted by atomic mass is 10.1. The minimum Gasteiger partial charge on any atom is -0.393 e. The van der Waals surface area contributed by atoms with Crippen molar-refractivity contribution in [2.45, 2.75) is 39.3 Å². The Morgan fingerprint density at radius 2 is 1.88 bits per heavy atom. The van der Waals surface area contributed by atoms with Crippen molar-refractivity contribution in [3.8, 4) is 0 Å². The van der Waals surface area contributed by atoms with E-state index in [1.807, 2.05) is 26.0 Å². The summed E-state index contributed by atoms with van der Waals surface area (Å²) in [5.74, 6) is -0.0897. The van der Waals surface area contributed by atoms with Crippen LogP contribution >= 0.6 is 0 Å². The monoisotopic (exact) mass is 221 g/mol. The van der Waals surface area contributed by atoms with E-state index in [1.165, 1.54) is 0 Å². The molecule has 0 aliphatic rings. The number of benzene rings is 1. The van der Waals surface area contributed by atoms with E-state index >= 15 is 0 Å². The second kappa shape index (κ2) is 5.66. The Morgan fingerprint density at radius 3 is 2.38 bits per heavy atom. The standard InChI is InChI=1S/C13H19NO2/c1-9-4-6-12(7-5-9)13(16)14-10(2)8-11(3)15/h4-7,10-11,15H,8H2,1-3H3,(H,14,16). The summed E-state index contributed by atoms with van der Waals surface area (Å²) in [5, 5.41) is 12.0. The Hall–Kier alpha value is -1.35. The fraction of sp³-hybridized carbons (Fsp3) is 0.462. The first-order valence-corrected chi connectivity index (χ1v) is 5.54. The molecule has 0 spiro atoms. The lowest BCUT2D eigenvalue weighted by Crippen LogP contribution is -2.34. The number of hydrogen-bond donors (Lipinski definition) is 2. The Morgan fingerprint density at radius 1 is 1.31 bits per heavy atom. The highest BCUT2D eigenvalue weighted by Gasteiger charge is 2.11. The van der Waals surface area contributed by atoms with Crippen LogP contribution in [-0.2, 0) is 0 Å². The topological polar surface area (TPSA) is 49.3 Å². The number of hydrogen-bond acceptors (Lipinski definition) is 2. The van der Waals surface area contributed by atoms with E-state index in [4.69, 9.17) is 0 Å². The molecule has 1 amide bonds. The lowest BCUT2D eigenvalue weighted by Gasteiger charge is -2.15. The number of amides is 1. The van der Waals surface area contributed by atoms with Crippen LogP contribution in [-0.4, -0.2) is 23.2 Å². The van der Waals surface area contributed by atoms with Gasteiger partial charge in [-0.15, -0.1) is 0 Å². The van der Waals surface area contributed by atoms with Crippen LogP contribution in [0, 0.1) is 6.92 Å². The Balaban J connectivity index is 2.55. The molecule has 16 heavy (non-hydrogen) atoms. The molecular weight excluding hydrogens is 202 g/mol. The fourth-order valence-corrected chi connectivity index (χ4v) is 1.58. The predicted octanol–water partition coefficient (Wildman–Crippen LogP) is 1.88. The maximum atomic E-state index is 11.8. The third-order valence-electron chi connectivity index (χ3n) is 2.39. The molecular formula is C13H19NO2. The molecule has 0 saturated heterocycles. The van der Waals surface area contributed by atoms with E-state index in [-0.39, 0.29) is 11.9 Å². The van der Waals surface area contributed by atoms with Crippen molar-refractivity contribution in [2.75, 3.05) is 0 Å². The van der Waals surface area contributed by atoms with Gasteiger partial charge in [-0.3, -0.25) is 4.79 Å². The number of aliphatic hydroxyl groups is 1. The van der Waals surface area contributed by atoms with Crippen molar-refractivity contribution in [1.29, 1.82) is 0 Å². The van der Waals surface area contributed by atoms with Crippen LogP contribution < -0.4 is 5.32 Å². The second-order valence-corrected chi connectivity index (χ2v) is 4.33. The molecule has 0 aromatic heterocycles. The average Bonchev–Trinajstić information content (AvgIpc) is 2.16. The van der Waals surface area contributed by atoms with Gasteiger partial charge in [0.25, 0.3) is 5.91 Å². The third-order valence-corrected chi connectivity index (χ3v) is 2.39. The molecule has 0 fully saturated rings. The van der Waals surface area contributed by atoms with Gasteiger partial charge in [-0.1, -0.05) is 17.7 Å². The summed E-state index contributed by atoms with van der Waals surface area (Å²) >= 11 is 0. The van der Waals surface area contributed by atoms with Crippen LogP contribution in [0.15, 0.2) is 24.3 Å². The maximum absolute atomic E-state index is 11.8. The first-order chi connectivity index (χ1) is 7.49. The number of carbonyl (C=O) groups excluding carboxylic acids is 1. The zero-order valence-corrected chi connectivity index (χ0v) is 10.0. The maximum Gasteiger partial charge on any atom is 0.251 e. The quantitative estimate of drug-likeness (QED) is 0.815. The molecule has 0 bridgehead atoms. The molecule has 2 atom stereocenters. The van der Waals surface area contributed by atoms with Gasteiger partial charge in [0.1, 0.15) is 0 Å². The summed E-state index contributed by atoms with van der Waals surface area (Å²) in [4.78, 5) is 11.8. The molecule has 3 heteroatoms. The Labute approximate surface area is 96.5 Å². The highest BCUT2D eigenvalue weighted by atomic mass is 16.3. The Kier molecular flexibility index (Phi) is 4.50. The van der Waals surface area contributed by atoms with Crippen molar-refractivity contribution in [3.05, 3.63) is 35.4 Å². The van der Waals surface area contributed by atoms with Gasteiger partial charge in [-0.25, -0.2) is 0 Å². The van der Waals surface area contributed by atoms with Crippen molar-refractivity contribution < 1.29 is 9.90 Å². The number of carbonyl (C=O) groups is 1. The summed E-state index contributed by atoms with van der Waals surface area (Å²) in [6.07, 6.45) is 0.172. The highest BCUT2D eigenvalue weighted by Crippen LogP contribution is 2.04. The molecule has 1 rings (SSSR count). The van der Waals surface area contributed by atoms with E-state index in [9.17, 15) is 9.90 Å². The predicted molar refractivity (Wildman–Crippen MR) is 64.4 cm³/mol. The molecule has 0 heterocycles. The van der Waals surface area contributed by atoms with E-state index in [2.05, 4.69) is 5.32 Å². The van der Waals surface area contributed by atoms with Crippen LogP contribution in [0.25, 0.3) is 0 Å². The van der Waals surface area contributed by atoms with Gasteiger partial charge in [0, 0.05) is 11.6 Å². The van der Waals surface area contributed by atoms with Crippen molar-refractivity contribution in [1.82, 2.24) is 5.32 Å². The average molecular weight is 221 g/mol. The van der Waals surface area contributed by atoms with E-state index in [0.29, 0.717) is 12.0 Å². The molecule has 0 saturated carbocycles. The summed E-state index contributed by atoms with van der Waals surface area (Å²) in [6.45, 7) is 5.59. The first-order valence-electron chi connectivity index (χ1n) is 5.54. The fourth-order valence-electron chi connectivity index (χ4n) is 1.58. The van der Waals surface area contributed by atoms with Crippen LogP contribution in [0.2, 0.25) is 0 Å². The summed E-state index contributed by atoms with van der Waals surface area (Å²) in [6, 6.07) is 7.41. The molecule has 0 radical (unpaired) electrons. The van der Waals surface area contributed by atoms with Gasteiger partial charge in [0.15, 0.2) is 0 Å². The number of rotatable bonds is 4. The molecule has 88 valence electrons. The molecule has 0 aliphatic heterocycles. The molecule has 1 aromatic carbocycles. The first kappa shape index (κ1) is 12.7. The molecule has 3 nitrogen and oxygen atoms in total. The second-order valence-electron chi connectivity index (χ2n) is 4.33. The normalized spacial score (nSPS) is 14.2. The van der Waals surface area contributed by atoms with Crippen LogP contribution in [0.4, 0.5) is 0 Å². The third kappa shape index (κ3) is 4.03. The summed E-state index contributed by atoms with van der Waals surface area (Å²) in [7, 11) is 0. The number of aryl methyl sites for hydroxylation is 1. The molecule has 2 unspecified atom stereocenters. The summed E-state index contributed by atoms with van der Waals surface area (Å²) in [5.41, 5.74) is 1.79. The number of aliphatic hydroxyl groups excluding tert-OH is 1. The largest absolute Gasteiger partial charge is 0.393 e. The minimum absolute atomic E-state index is 0.0196. The van der Waals surface area contributed by atoms with Crippen LogP contribution in [0.1, 0.15) is 36.2 Å². The van der Waals surface area contributed by atoms with E-state index < -0.39 is 6.10 Å². The SMILES string of the molecule is Cc1ccc(C(=O)NC(C)CC(C)O)cc1. The smallest absolute Gasteiger partial charge is 0.251 e. The molecule has 1 aromatic rings. The molecule has 0 aliphatic carbocycles. The number of nitrogens with one attached hydrogen (secondary N) is 1. The van der Waals surface area contributed by atoms with Gasteiger partial charge in [-0.05, 0) is 39.3 Å². The van der Waals surface area contributed by atoms with Crippen LogP contribution in [0.5, 0.6) is 0 Å². The van der Waals surface area contributed by atoms with Gasteiger partial charge in [-0.2, -0.15) is 0 Å². The van der Waals surface area contributed by atoms with Crippen molar-refractivity contribution in [3.63, 3.8) is 0 Å². The van der Waals surface area contributed by atoms with Crippen molar-refractivity contribution in [2.24, 2.45) is 0 Å².